The van der Waals surface area contributed by atoms with Gasteiger partial charge in [-0.05, 0) is 71.0 Å². The van der Waals surface area contributed by atoms with Crippen molar-refractivity contribution in [2.75, 3.05) is 11.9 Å². The van der Waals surface area contributed by atoms with Crippen molar-refractivity contribution in [3.8, 4) is 0 Å². The number of carbonyl (C=O) groups is 1. The molecule has 0 spiro atoms. The first kappa shape index (κ1) is 17.7. The van der Waals surface area contributed by atoms with Crippen LogP contribution in [0.5, 0.6) is 0 Å². The maximum atomic E-state index is 11.8. The molecule has 0 radical (unpaired) electrons. The highest BCUT2D eigenvalue weighted by molar-refractivity contribution is 14.1. The van der Waals surface area contributed by atoms with E-state index < -0.39 is 10.0 Å². The van der Waals surface area contributed by atoms with E-state index >= 15 is 0 Å². The monoisotopic (exact) mass is 445 g/mol. The Balaban J connectivity index is 1.80. The Morgan fingerprint density at radius 1 is 1.04 bits per heavy atom. The van der Waals surface area contributed by atoms with Crippen LogP contribution in [-0.2, 0) is 16.4 Å². The molecule has 4 N–H and O–H groups in total. The minimum Gasteiger partial charge on any atom is -0.338 e. The van der Waals surface area contributed by atoms with Crippen LogP contribution in [0, 0.1) is 3.57 Å². The number of nitrogens with one attached hydrogen (secondary N) is 2. The number of urea groups is 1. The summed E-state index contributed by atoms with van der Waals surface area (Å²) in [5, 5.41) is 10.5. The third-order valence-electron chi connectivity index (χ3n) is 3.05. The van der Waals surface area contributed by atoms with E-state index in [2.05, 4.69) is 33.2 Å². The third kappa shape index (κ3) is 5.81. The summed E-state index contributed by atoms with van der Waals surface area (Å²) < 4.78 is 23.4. The average molecular weight is 445 g/mol. The summed E-state index contributed by atoms with van der Waals surface area (Å²) in [7, 11) is -3.67. The SMILES string of the molecule is NS(=O)(=O)c1ccc(CCNC(=O)Nc2ccc(I)cc2)cc1. The summed E-state index contributed by atoms with van der Waals surface area (Å²) in [5.41, 5.74) is 1.63. The quantitative estimate of drug-likeness (QED) is 0.616. The smallest absolute Gasteiger partial charge is 0.319 e. The predicted octanol–water partition coefficient (Wildman–Crippen LogP) is 2.30. The number of hydrogen-bond donors (Lipinski definition) is 3. The third-order valence-corrected chi connectivity index (χ3v) is 4.70. The molecule has 0 aliphatic heterocycles. The van der Waals surface area contributed by atoms with Gasteiger partial charge in [-0.2, -0.15) is 0 Å². The lowest BCUT2D eigenvalue weighted by Crippen LogP contribution is -2.30. The van der Waals surface area contributed by atoms with Gasteiger partial charge in [-0.3, -0.25) is 0 Å². The summed E-state index contributed by atoms with van der Waals surface area (Å²) in [6, 6.07) is 13.4. The van der Waals surface area contributed by atoms with Gasteiger partial charge in [-0.25, -0.2) is 18.4 Å². The summed E-state index contributed by atoms with van der Waals surface area (Å²) >= 11 is 2.19. The molecule has 0 saturated heterocycles. The van der Waals surface area contributed by atoms with Gasteiger partial charge in [-0.1, -0.05) is 12.1 Å². The number of primary sulfonamides is 1. The minimum atomic E-state index is -3.67. The summed E-state index contributed by atoms with van der Waals surface area (Å²) in [6.45, 7) is 0.435. The molecule has 0 fully saturated rings. The van der Waals surface area contributed by atoms with Gasteiger partial charge in [0.05, 0.1) is 4.90 Å². The van der Waals surface area contributed by atoms with Crippen molar-refractivity contribution in [2.45, 2.75) is 11.3 Å². The van der Waals surface area contributed by atoms with Gasteiger partial charge in [0.25, 0.3) is 0 Å². The van der Waals surface area contributed by atoms with Gasteiger partial charge in [0, 0.05) is 15.8 Å². The van der Waals surface area contributed by atoms with Crippen molar-refractivity contribution in [2.24, 2.45) is 5.14 Å². The summed E-state index contributed by atoms with van der Waals surface area (Å²) in [5.74, 6) is 0. The highest BCUT2D eigenvalue weighted by Crippen LogP contribution is 2.11. The molecule has 8 heteroatoms. The Kier molecular flexibility index (Phi) is 5.97. The van der Waals surface area contributed by atoms with Crippen molar-refractivity contribution in [1.29, 1.82) is 0 Å². The minimum absolute atomic E-state index is 0.0747. The van der Waals surface area contributed by atoms with E-state index in [0.29, 0.717) is 13.0 Å². The van der Waals surface area contributed by atoms with Gasteiger partial charge < -0.3 is 10.6 Å². The van der Waals surface area contributed by atoms with Gasteiger partial charge in [0.1, 0.15) is 0 Å². The van der Waals surface area contributed by atoms with E-state index in [1.54, 1.807) is 12.1 Å². The number of carbonyl (C=O) groups excluding carboxylic acids is 1. The molecule has 6 nitrogen and oxygen atoms in total. The molecule has 2 aromatic carbocycles. The van der Waals surface area contributed by atoms with E-state index in [1.165, 1.54) is 12.1 Å². The largest absolute Gasteiger partial charge is 0.338 e. The first-order chi connectivity index (χ1) is 10.8. The molecule has 0 unspecified atom stereocenters. The van der Waals surface area contributed by atoms with Crippen LogP contribution in [0.15, 0.2) is 53.4 Å². The normalized spacial score (nSPS) is 11.0. The topological polar surface area (TPSA) is 101 Å². The van der Waals surface area contributed by atoms with Crippen LogP contribution in [0.2, 0.25) is 0 Å². The van der Waals surface area contributed by atoms with Gasteiger partial charge in [-0.15, -0.1) is 0 Å². The first-order valence-electron chi connectivity index (χ1n) is 6.77. The van der Waals surface area contributed by atoms with Gasteiger partial charge in [0.15, 0.2) is 0 Å². The second-order valence-electron chi connectivity index (χ2n) is 4.83. The lowest BCUT2D eigenvalue weighted by Gasteiger charge is -2.08. The molecule has 122 valence electrons. The van der Waals surface area contributed by atoms with Crippen LogP contribution in [0.4, 0.5) is 10.5 Å². The Morgan fingerprint density at radius 2 is 1.65 bits per heavy atom. The number of rotatable bonds is 5. The molecule has 2 aromatic rings. The highest BCUT2D eigenvalue weighted by Gasteiger charge is 2.07. The van der Waals surface area contributed by atoms with Crippen molar-refractivity contribution in [3.63, 3.8) is 0 Å². The van der Waals surface area contributed by atoms with Crippen molar-refractivity contribution >= 4 is 44.3 Å². The zero-order chi connectivity index (χ0) is 16.9. The Labute approximate surface area is 148 Å². The summed E-state index contributed by atoms with van der Waals surface area (Å²) in [6.07, 6.45) is 0.588. The van der Waals surface area contributed by atoms with Gasteiger partial charge >= 0.3 is 6.03 Å². The fraction of sp³-hybridized carbons (Fsp3) is 0.133. The highest BCUT2D eigenvalue weighted by atomic mass is 127. The molecule has 23 heavy (non-hydrogen) atoms. The van der Waals surface area contributed by atoms with Crippen molar-refractivity contribution < 1.29 is 13.2 Å². The number of sulfonamides is 1. The molecule has 0 aliphatic carbocycles. The fourth-order valence-electron chi connectivity index (χ4n) is 1.87. The molecule has 2 amide bonds. The average Bonchev–Trinajstić information content (AvgIpc) is 2.49. The zero-order valence-corrected chi connectivity index (χ0v) is 15.1. The van der Waals surface area contributed by atoms with Crippen molar-refractivity contribution in [3.05, 3.63) is 57.7 Å². The molecule has 0 aliphatic rings. The van der Waals surface area contributed by atoms with E-state index in [-0.39, 0.29) is 10.9 Å². The Morgan fingerprint density at radius 3 is 2.22 bits per heavy atom. The van der Waals surface area contributed by atoms with E-state index in [0.717, 1.165) is 14.8 Å². The van der Waals surface area contributed by atoms with Crippen LogP contribution < -0.4 is 15.8 Å². The van der Waals surface area contributed by atoms with Crippen LogP contribution in [-0.4, -0.2) is 21.0 Å². The standard InChI is InChI=1S/C15H16IN3O3S/c16-12-3-5-13(6-4-12)19-15(20)18-10-9-11-1-7-14(8-2-11)23(17,21)22/h1-8H,9-10H2,(H2,17,21,22)(H2,18,19,20). The molecule has 2 rings (SSSR count). The van der Waals surface area contributed by atoms with E-state index in [1.807, 2.05) is 24.3 Å². The molecule has 0 saturated carbocycles. The first-order valence-corrected chi connectivity index (χ1v) is 9.39. The Bertz CT molecular complexity index is 775. The molecule has 0 aromatic heterocycles. The number of nitrogens with two attached hydrogens (primary N) is 1. The molecular weight excluding hydrogens is 429 g/mol. The summed E-state index contributed by atoms with van der Waals surface area (Å²) in [4.78, 5) is 11.8. The lowest BCUT2D eigenvalue weighted by atomic mass is 10.1. The van der Waals surface area contributed by atoms with Crippen molar-refractivity contribution in [1.82, 2.24) is 5.32 Å². The fourth-order valence-corrected chi connectivity index (χ4v) is 2.75. The Hall–Kier alpha value is -1.65. The van der Waals surface area contributed by atoms with Crippen LogP contribution in [0.3, 0.4) is 0 Å². The molecule has 0 atom stereocenters. The maximum Gasteiger partial charge on any atom is 0.319 e. The van der Waals surface area contributed by atoms with Crippen LogP contribution >= 0.6 is 22.6 Å². The predicted molar refractivity (Wildman–Crippen MR) is 97.7 cm³/mol. The second kappa shape index (κ2) is 7.75. The molecule has 0 heterocycles. The number of hydrogen-bond acceptors (Lipinski definition) is 3. The van der Waals surface area contributed by atoms with E-state index in [4.69, 9.17) is 5.14 Å². The van der Waals surface area contributed by atoms with E-state index in [9.17, 15) is 13.2 Å². The number of anilines is 1. The maximum absolute atomic E-state index is 11.8. The number of amides is 2. The molecular formula is C15H16IN3O3S. The number of benzene rings is 2. The van der Waals surface area contributed by atoms with Gasteiger partial charge in [0.2, 0.25) is 10.0 Å². The lowest BCUT2D eigenvalue weighted by molar-refractivity contribution is 0.252. The van der Waals surface area contributed by atoms with Crippen LogP contribution in [0.1, 0.15) is 5.56 Å². The number of halogens is 1. The second-order valence-corrected chi connectivity index (χ2v) is 7.63. The molecule has 0 bridgehead atoms. The zero-order valence-electron chi connectivity index (χ0n) is 12.1. The van der Waals surface area contributed by atoms with Crippen LogP contribution in [0.25, 0.3) is 0 Å².